The van der Waals surface area contributed by atoms with Crippen LogP contribution in [0.3, 0.4) is 0 Å². The van der Waals surface area contributed by atoms with Crippen molar-refractivity contribution in [3.05, 3.63) is 72.1 Å². The average molecular weight is 387 g/mol. The van der Waals surface area contributed by atoms with E-state index in [1.165, 1.54) is 6.07 Å². The van der Waals surface area contributed by atoms with Crippen LogP contribution in [0.5, 0.6) is 11.8 Å². The third kappa shape index (κ3) is 5.24. The first-order valence-electron chi connectivity index (χ1n) is 7.94. The third-order valence-corrected chi connectivity index (χ3v) is 4.48. The first-order chi connectivity index (χ1) is 13.0. The molecule has 0 unspecified atom stereocenters. The fourth-order valence-electron chi connectivity index (χ4n) is 2.19. The van der Waals surface area contributed by atoms with Gasteiger partial charge in [-0.25, -0.2) is 18.7 Å². The Bertz CT molecular complexity index is 955. The van der Waals surface area contributed by atoms with Gasteiger partial charge in [0.15, 0.2) is 11.6 Å². The van der Waals surface area contributed by atoms with Crippen LogP contribution < -0.4 is 10.1 Å². The number of aryl methyl sites for hydroxylation is 1. The molecule has 2 aromatic carbocycles. The maximum atomic E-state index is 13.2. The second-order valence-electron chi connectivity index (χ2n) is 5.52. The van der Waals surface area contributed by atoms with E-state index in [1.807, 2.05) is 6.92 Å². The molecule has 0 bridgehead atoms. The summed E-state index contributed by atoms with van der Waals surface area (Å²) in [4.78, 5) is 20.6. The normalized spacial score (nSPS) is 10.5. The van der Waals surface area contributed by atoms with Gasteiger partial charge in [0.1, 0.15) is 5.75 Å². The minimum Gasteiger partial charge on any atom is -0.424 e. The van der Waals surface area contributed by atoms with E-state index in [0.717, 1.165) is 29.5 Å². The van der Waals surface area contributed by atoms with Crippen LogP contribution in [0.4, 0.5) is 14.5 Å². The Morgan fingerprint density at radius 1 is 1.11 bits per heavy atom. The molecule has 3 rings (SSSR count). The van der Waals surface area contributed by atoms with Crippen molar-refractivity contribution < 1.29 is 18.3 Å². The SMILES string of the molecule is Cc1cc(Oc2ncccn2)ccc1NC(=O)CSc1ccc(F)c(F)c1. The quantitative estimate of drug-likeness (QED) is 0.627. The Balaban J connectivity index is 1.58. The van der Waals surface area contributed by atoms with E-state index in [2.05, 4.69) is 15.3 Å². The Kier molecular flexibility index (Phi) is 5.97. The van der Waals surface area contributed by atoms with E-state index in [1.54, 1.807) is 36.7 Å². The van der Waals surface area contributed by atoms with E-state index in [9.17, 15) is 13.6 Å². The Hall–Kier alpha value is -3.00. The lowest BCUT2D eigenvalue weighted by atomic mass is 10.2. The molecule has 5 nitrogen and oxygen atoms in total. The van der Waals surface area contributed by atoms with Crippen molar-refractivity contribution in [1.82, 2.24) is 9.97 Å². The number of hydrogen-bond donors (Lipinski definition) is 1. The van der Waals surface area contributed by atoms with Crippen LogP contribution in [0.1, 0.15) is 5.56 Å². The lowest BCUT2D eigenvalue weighted by Gasteiger charge is -2.10. The molecule has 0 saturated heterocycles. The Morgan fingerprint density at radius 3 is 2.59 bits per heavy atom. The number of anilines is 1. The topological polar surface area (TPSA) is 64.1 Å². The molecular weight excluding hydrogens is 372 g/mol. The average Bonchev–Trinajstić information content (AvgIpc) is 2.66. The molecule has 8 heteroatoms. The van der Waals surface area contributed by atoms with Crippen LogP contribution in [-0.4, -0.2) is 21.6 Å². The number of benzene rings is 2. The van der Waals surface area contributed by atoms with Crippen molar-refractivity contribution in [1.29, 1.82) is 0 Å². The molecule has 0 atom stereocenters. The maximum Gasteiger partial charge on any atom is 0.321 e. The number of nitrogens with zero attached hydrogens (tertiary/aromatic N) is 2. The van der Waals surface area contributed by atoms with Gasteiger partial charge < -0.3 is 10.1 Å². The first-order valence-corrected chi connectivity index (χ1v) is 8.93. The number of aromatic nitrogens is 2. The van der Waals surface area contributed by atoms with Crippen molar-refractivity contribution in [2.24, 2.45) is 0 Å². The highest BCUT2D eigenvalue weighted by atomic mass is 32.2. The number of carbonyl (C=O) groups excluding carboxylic acids is 1. The predicted octanol–water partition coefficient (Wildman–Crippen LogP) is 4.59. The number of nitrogens with one attached hydrogen (secondary N) is 1. The standard InChI is InChI=1S/C19H15F2N3O2S/c1-12-9-13(26-19-22-7-2-8-23-19)3-6-17(12)24-18(25)11-27-14-4-5-15(20)16(21)10-14/h2-10H,11H2,1H3,(H,24,25). The second kappa shape index (κ2) is 8.59. The number of ether oxygens (including phenoxy) is 1. The number of carbonyl (C=O) groups is 1. The van der Waals surface area contributed by atoms with Gasteiger partial charge in [-0.15, -0.1) is 11.8 Å². The smallest absolute Gasteiger partial charge is 0.321 e. The third-order valence-electron chi connectivity index (χ3n) is 3.48. The number of rotatable bonds is 6. The summed E-state index contributed by atoms with van der Waals surface area (Å²) in [5, 5.41) is 2.78. The van der Waals surface area contributed by atoms with Crippen molar-refractivity contribution in [2.45, 2.75) is 11.8 Å². The van der Waals surface area contributed by atoms with Crippen molar-refractivity contribution in [3.63, 3.8) is 0 Å². The second-order valence-corrected chi connectivity index (χ2v) is 6.57. The Morgan fingerprint density at radius 2 is 1.89 bits per heavy atom. The van der Waals surface area contributed by atoms with Gasteiger partial charge in [-0.2, -0.15) is 0 Å². The molecule has 1 aromatic heterocycles. The zero-order chi connectivity index (χ0) is 19.2. The molecule has 0 spiro atoms. The van der Waals surface area contributed by atoms with Gasteiger partial charge in [0, 0.05) is 23.0 Å². The van der Waals surface area contributed by atoms with Crippen LogP contribution in [-0.2, 0) is 4.79 Å². The van der Waals surface area contributed by atoms with Crippen LogP contribution >= 0.6 is 11.8 Å². The van der Waals surface area contributed by atoms with Crippen molar-refractivity contribution in [2.75, 3.05) is 11.1 Å². The molecule has 138 valence electrons. The van der Waals surface area contributed by atoms with Crippen LogP contribution in [0, 0.1) is 18.6 Å². The molecule has 1 amide bonds. The Labute approximate surface area is 158 Å². The summed E-state index contributed by atoms with van der Waals surface area (Å²) in [7, 11) is 0. The molecule has 3 aromatic rings. The monoisotopic (exact) mass is 387 g/mol. The molecule has 0 aliphatic heterocycles. The van der Waals surface area contributed by atoms with E-state index in [4.69, 9.17) is 4.74 Å². The highest BCUT2D eigenvalue weighted by Gasteiger charge is 2.09. The molecule has 1 heterocycles. The zero-order valence-electron chi connectivity index (χ0n) is 14.3. The molecule has 0 aliphatic carbocycles. The molecule has 27 heavy (non-hydrogen) atoms. The maximum absolute atomic E-state index is 13.2. The first kappa shape index (κ1) is 18.8. The minimum absolute atomic E-state index is 0.0701. The largest absolute Gasteiger partial charge is 0.424 e. The van der Waals surface area contributed by atoms with Gasteiger partial charge in [0.05, 0.1) is 5.75 Å². The summed E-state index contributed by atoms with van der Waals surface area (Å²) in [6.07, 6.45) is 3.16. The number of halogens is 2. The van der Waals surface area contributed by atoms with Gasteiger partial charge in [0.25, 0.3) is 0 Å². The molecular formula is C19H15F2N3O2S. The van der Waals surface area contributed by atoms with Crippen molar-refractivity contribution in [3.8, 4) is 11.8 Å². The van der Waals surface area contributed by atoms with Gasteiger partial charge in [-0.05, 0) is 55.0 Å². The zero-order valence-corrected chi connectivity index (χ0v) is 15.1. The fourth-order valence-corrected chi connectivity index (χ4v) is 2.91. The summed E-state index contributed by atoms with van der Waals surface area (Å²) in [5.41, 5.74) is 1.43. The lowest BCUT2D eigenvalue weighted by Crippen LogP contribution is -2.14. The highest BCUT2D eigenvalue weighted by molar-refractivity contribution is 8.00. The summed E-state index contributed by atoms with van der Waals surface area (Å²) in [6.45, 7) is 1.83. The molecule has 0 fully saturated rings. The van der Waals surface area contributed by atoms with Gasteiger partial charge >= 0.3 is 6.01 Å². The number of amides is 1. The minimum atomic E-state index is -0.936. The van der Waals surface area contributed by atoms with E-state index in [0.29, 0.717) is 16.3 Å². The summed E-state index contributed by atoms with van der Waals surface area (Å²) >= 11 is 1.12. The number of hydrogen-bond acceptors (Lipinski definition) is 5. The lowest BCUT2D eigenvalue weighted by molar-refractivity contribution is -0.113. The summed E-state index contributed by atoms with van der Waals surface area (Å²) < 4.78 is 31.6. The fraction of sp³-hybridized carbons (Fsp3) is 0.105. The van der Waals surface area contributed by atoms with Crippen LogP contribution in [0.25, 0.3) is 0 Å². The van der Waals surface area contributed by atoms with E-state index >= 15 is 0 Å². The molecule has 0 saturated carbocycles. The predicted molar refractivity (Wildman–Crippen MR) is 99.0 cm³/mol. The van der Waals surface area contributed by atoms with Crippen LogP contribution in [0.2, 0.25) is 0 Å². The van der Waals surface area contributed by atoms with Gasteiger partial charge in [0.2, 0.25) is 5.91 Å². The summed E-state index contributed by atoms with van der Waals surface area (Å²) in [6, 6.07) is 10.6. The van der Waals surface area contributed by atoms with E-state index in [-0.39, 0.29) is 17.7 Å². The molecule has 0 aliphatic rings. The molecule has 1 N–H and O–H groups in total. The molecule has 0 radical (unpaired) electrons. The van der Waals surface area contributed by atoms with E-state index < -0.39 is 11.6 Å². The van der Waals surface area contributed by atoms with Gasteiger partial charge in [-0.1, -0.05) is 0 Å². The number of thioether (sulfide) groups is 1. The van der Waals surface area contributed by atoms with Crippen molar-refractivity contribution >= 4 is 23.4 Å². The van der Waals surface area contributed by atoms with Gasteiger partial charge in [-0.3, -0.25) is 4.79 Å². The van der Waals surface area contributed by atoms with Crippen LogP contribution in [0.15, 0.2) is 59.8 Å². The summed E-state index contributed by atoms with van der Waals surface area (Å²) in [5.74, 6) is -1.49. The highest BCUT2D eigenvalue weighted by Crippen LogP contribution is 2.25.